The molecule has 0 atom stereocenters. The molecule has 4 heteroatoms. The van der Waals surface area contributed by atoms with E-state index in [9.17, 15) is 4.39 Å². The molecule has 0 aliphatic carbocycles. The average Bonchev–Trinajstić information content (AvgIpc) is 2.69. The second-order valence-corrected chi connectivity index (χ2v) is 4.19. The number of imidazole rings is 1. The molecule has 1 heterocycles. The van der Waals surface area contributed by atoms with Crippen LogP contribution in [0.4, 0.5) is 10.1 Å². The lowest BCUT2D eigenvalue weighted by molar-refractivity contribution is 0.632. The Morgan fingerprint density at radius 3 is 2.72 bits per heavy atom. The van der Waals surface area contributed by atoms with Crippen molar-refractivity contribution in [3.05, 3.63) is 54.1 Å². The SMILES string of the molecule is Cc1nc2ccccc2n1-c1ccc(F)c(N)c1. The van der Waals surface area contributed by atoms with Crippen molar-refractivity contribution < 1.29 is 4.39 Å². The maximum absolute atomic E-state index is 13.2. The first-order valence-electron chi connectivity index (χ1n) is 5.66. The standard InChI is InChI=1S/C14H12FN3/c1-9-17-13-4-2-3-5-14(13)18(9)10-6-7-11(15)12(16)8-10/h2-8H,16H2,1H3. The Hall–Kier alpha value is -2.36. The summed E-state index contributed by atoms with van der Waals surface area (Å²) in [5.74, 6) is 0.447. The Bertz CT molecular complexity index is 731. The summed E-state index contributed by atoms with van der Waals surface area (Å²) < 4.78 is 15.2. The molecular formula is C14H12FN3. The molecule has 0 bridgehead atoms. The molecule has 0 aliphatic rings. The van der Waals surface area contributed by atoms with Crippen LogP contribution in [0.2, 0.25) is 0 Å². The highest BCUT2D eigenvalue weighted by molar-refractivity contribution is 5.78. The van der Waals surface area contributed by atoms with Gasteiger partial charge in [-0.2, -0.15) is 0 Å². The minimum Gasteiger partial charge on any atom is -0.396 e. The number of halogens is 1. The number of hydrogen-bond acceptors (Lipinski definition) is 2. The van der Waals surface area contributed by atoms with Gasteiger partial charge in [0, 0.05) is 5.69 Å². The summed E-state index contributed by atoms with van der Waals surface area (Å²) in [7, 11) is 0. The van der Waals surface area contributed by atoms with Crippen LogP contribution < -0.4 is 5.73 Å². The van der Waals surface area contributed by atoms with Gasteiger partial charge in [-0.3, -0.25) is 4.57 Å². The van der Waals surface area contributed by atoms with Gasteiger partial charge in [0.1, 0.15) is 11.6 Å². The average molecular weight is 241 g/mol. The number of hydrogen-bond donors (Lipinski definition) is 1. The van der Waals surface area contributed by atoms with Crippen molar-refractivity contribution in [2.75, 3.05) is 5.73 Å². The minimum absolute atomic E-state index is 0.143. The smallest absolute Gasteiger partial charge is 0.146 e. The first kappa shape index (κ1) is 10.8. The first-order valence-corrected chi connectivity index (χ1v) is 5.66. The lowest BCUT2D eigenvalue weighted by atomic mass is 10.2. The molecule has 2 aromatic carbocycles. The highest BCUT2D eigenvalue weighted by Gasteiger charge is 2.09. The topological polar surface area (TPSA) is 43.8 Å². The van der Waals surface area contributed by atoms with Gasteiger partial charge >= 0.3 is 0 Å². The number of benzene rings is 2. The lowest BCUT2D eigenvalue weighted by Crippen LogP contribution is -1.99. The number of nitrogens with two attached hydrogens (primary N) is 1. The summed E-state index contributed by atoms with van der Waals surface area (Å²) in [6.07, 6.45) is 0. The summed E-state index contributed by atoms with van der Waals surface area (Å²) >= 11 is 0. The maximum atomic E-state index is 13.2. The van der Waals surface area contributed by atoms with Gasteiger partial charge in [-0.15, -0.1) is 0 Å². The zero-order chi connectivity index (χ0) is 12.7. The summed E-state index contributed by atoms with van der Waals surface area (Å²) in [6, 6.07) is 12.5. The number of rotatable bonds is 1. The number of aromatic nitrogens is 2. The summed E-state index contributed by atoms with van der Waals surface area (Å²) in [4.78, 5) is 4.47. The van der Waals surface area contributed by atoms with Crippen LogP contribution in [0, 0.1) is 12.7 Å². The van der Waals surface area contributed by atoms with E-state index in [0.717, 1.165) is 22.5 Å². The van der Waals surface area contributed by atoms with Gasteiger partial charge in [-0.25, -0.2) is 9.37 Å². The van der Waals surface area contributed by atoms with E-state index >= 15 is 0 Å². The van der Waals surface area contributed by atoms with E-state index in [1.807, 2.05) is 35.8 Å². The van der Waals surface area contributed by atoms with Gasteiger partial charge in [0.25, 0.3) is 0 Å². The second-order valence-electron chi connectivity index (χ2n) is 4.19. The Balaban J connectivity index is 2.30. The number of aryl methyl sites for hydroxylation is 1. The predicted molar refractivity (Wildman–Crippen MR) is 70.2 cm³/mol. The fourth-order valence-corrected chi connectivity index (χ4v) is 2.14. The van der Waals surface area contributed by atoms with Crippen molar-refractivity contribution in [2.24, 2.45) is 0 Å². The van der Waals surface area contributed by atoms with Gasteiger partial charge in [0.05, 0.1) is 16.7 Å². The maximum Gasteiger partial charge on any atom is 0.146 e. The van der Waals surface area contributed by atoms with Gasteiger partial charge in [-0.05, 0) is 37.3 Å². The van der Waals surface area contributed by atoms with Crippen LogP contribution in [0.25, 0.3) is 16.7 Å². The van der Waals surface area contributed by atoms with E-state index in [1.54, 1.807) is 12.1 Å². The highest BCUT2D eigenvalue weighted by atomic mass is 19.1. The third-order valence-electron chi connectivity index (χ3n) is 2.97. The molecule has 0 fully saturated rings. The molecule has 0 unspecified atom stereocenters. The third kappa shape index (κ3) is 1.54. The summed E-state index contributed by atoms with van der Waals surface area (Å²) in [5, 5.41) is 0. The van der Waals surface area contributed by atoms with E-state index < -0.39 is 5.82 Å². The van der Waals surface area contributed by atoms with Crippen molar-refractivity contribution in [3.8, 4) is 5.69 Å². The predicted octanol–water partition coefficient (Wildman–Crippen LogP) is 3.06. The van der Waals surface area contributed by atoms with Crippen LogP contribution in [-0.2, 0) is 0 Å². The van der Waals surface area contributed by atoms with Gasteiger partial charge in [-0.1, -0.05) is 12.1 Å². The minimum atomic E-state index is -0.402. The molecule has 3 nitrogen and oxygen atoms in total. The quantitative estimate of drug-likeness (QED) is 0.665. The number of anilines is 1. The number of nitrogen functional groups attached to an aromatic ring is 1. The van der Waals surface area contributed by atoms with E-state index in [2.05, 4.69) is 4.98 Å². The van der Waals surface area contributed by atoms with E-state index in [4.69, 9.17) is 5.73 Å². The van der Waals surface area contributed by atoms with Crippen LogP contribution in [0.1, 0.15) is 5.82 Å². The Morgan fingerprint density at radius 1 is 1.17 bits per heavy atom. The summed E-state index contributed by atoms with van der Waals surface area (Å²) in [6.45, 7) is 1.92. The molecule has 0 radical (unpaired) electrons. The van der Waals surface area contributed by atoms with Crippen molar-refractivity contribution >= 4 is 16.7 Å². The molecule has 2 N–H and O–H groups in total. The van der Waals surface area contributed by atoms with Crippen molar-refractivity contribution in [2.45, 2.75) is 6.92 Å². The van der Waals surface area contributed by atoms with Gasteiger partial charge in [0.2, 0.25) is 0 Å². The van der Waals surface area contributed by atoms with Crippen LogP contribution in [-0.4, -0.2) is 9.55 Å². The molecule has 1 aromatic heterocycles. The zero-order valence-electron chi connectivity index (χ0n) is 9.89. The van der Waals surface area contributed by atoms with Crippen LogP contribution in [0.3, 0.4) is 0 Å². The van der Waals surface area contributed by atoms with Crippen molar-refractivity contribution in [1.29, 1.82) is 0 Å². The molecule has 0 aliphatic heterocycles. The number of fused-ring (bicyclic) bond motifs is 1. The largest absolute Gasteiger partial charge is 0.396 e. The fourth-order valence-electron chi connectivity index (χ4n) is 2.14. The number of para-hydroxylation sites is 2. The fraction of sp³-hybridized carbons (Fsp3) is 0.0714. The van der Waals surface area contributed by atoms with Crippen LogP contribution in [0.5, 0.6) is 0 Å². The summed E-state index contributed by atoms with van der Waals surface area (Å²) in [5.41, 5.74) is 8.48. The van der Waals surface area contributed by atoms with Crippen molar-refractivity contribution in [3.63, 3.8) is 0 Å². The number of nitrogens with zero attached hydrogens (tertiary/aromatic N) is 2. The molecule has 3 aromatic rings. The van der Waals surface area contributed by atoms with Crippen molar-refractivity contribution in [1.82, 2.24) is 9.55 Å². The molecule has 0 saturated heterocycles. The zero-order valence-corrected chi connectivity index (χ0v) is 9.89. The van der Waals surface area contributed by atoms with Gasteiger partial charge < -0.3 is 5.73 Å². The van der Waals surface area contributed by atoms with E-state index in [-0.39, 0.29) is 5.69 Å². The normalized spacial score (nSPS) is 11.0. The van der Waals surface area contributed by atoms with Crippen LogP contribution in [0.15, 0.2) is 42.5 Å². The Morgan fingerprint density at radius 2 is 1.94 bits per heavy atom. The second kappa shape index (κ2) is 3.84. The third-order valence-corrected chi connectivity index (χ3v) is 2.97. The Labute approximate surface area is 104 Å². The monoisotopic (exact) mass is 241 g/mol. The highest BCUT2D eigenvalue weighted by Crippen LogP contribution is 2.23. The molecule has 90 valence electrons. The molecule has 3 rings (SSSR count). The Kier molecular flexibility index (Phi) is 2.30. The van der Waals surface area contributed by atoms with E-state index in [1.165, 1.54) is 6.07 Å². The van der Waals surface area contributed by atoms with Gasteiger partial charge in [0.15, 0.2) is 0 Å². The van der Waals surface area contributed by atoms with Crippen LogP contribution >= 0.6 is 0 Å². The van der Waals surface area contributed by atoms with E-state index in [0.29, 0.717) is 0 Å². The molecule has 0 amide bonds. The molecule has 0 spiro atoms. The lowest BCUT2D eigenvalue weighted by Gasteiger charge is -2.08. The molecule has 18 heavy (non-hydrogen) atoms. The molecule has 0 saturated carbocycles. The molecular weight excluding hydrogens is 229 g/mol. The first-order chi connectivity index (χ1) is 8.66.